The van der Waals surface area contributed by atoms with Crippen molar-refractivity contribution in [2.24, 2.45) is 0 Å². The smallest absolute Gasteiger partial charge is 0.313 e. The number of carbonyl (C=O) groups is 1. The van der Waals surface area contributed by atoms with Crippen LogP contribution in [0.1, 0.15) is 36.8 Å². The van der Waals surface area contributed by atoms with Crippen LogP contribution in [0.4, 0.5) is 0 Å². The summed E-state index contributed by atoms with van der Waals surface area (Å²) in [6.07, 6.45) is 2.33. The zero-order valence-electron chi connectivity index (χ0n) is 11.4. The Morgan fingerprint density at radius 1 is 1.58 bits per heavy atom. The highest BCUT2D eigenvalue weighted by Gasteiger charge is 2.35. The lowest BCUT2D eigenvalue weighted by molar-refractivity contribution is -0.142. The topological polar surface area (TPSA) is 55.8 Å². The molecule has 0 saturated carbocycles. The molecule has 1 fully saturated rings. The number of aliphatic carboxylic acids is 1. The van der Waals surface area contributed by atoms with Crippen molar-refractivity contribution in [1.82, 2.24) is 0 Å². The molecule has 0 amide bonds. The van der Waals surface area contributed by atoms with E-state index in [4.69, 9.17) is 9.47 Å². The van der Waals surface area contributed by atoms with E-state index in [1.54, 1.807) is 7.11 Å². The predicted molar refractivity (Wildman–Crippen MR) is 71.7 cm³/mol. The number of hydrogen-bond donors (Lipinski definition) is 1. The molecule has 0 radical (unpaired) electrons. The second-order valence-corrected chi connectivity index (χ2v) is 4.80. The maximum Gasteiger partial charge on any atom is 0.313 e. The van der Waals surface area contributed by atoms with Crippen LogP contribution in [-0.4, -0.2) is 30.9 Å². The standard InChI is InChI=1S/C15H20O4/c1-3-10-6-7-12(18-2)11(9-10)14(15(16)17)13-5-4-8-19-13/h6-7,9,13-14H,3-5,8H2,1-2H3,(H,16,17). The van der Waals surface area contributed by atoms with Gasteiger partial charge in [0, 0.05) is 12.2 Å². The van der Waals surface area contributed by atoms with Gasteiger partial charge in [0.15, 0.2) is 0 Å². The van der Waals surface area contributed by atoms with Gasteiger partial charge in [0.1, 0.15) is 11.7 Å². The Morgan fingerprint density at radius 2 is 2.37 bits per heavy atom. The fourth-order valence-electron chi connectivity index (χ4n) is 2.60. The third kappa shape index (κ3) is 2.89. The third-order valence-corrected chi connectivity index (χ3v) is 3.64. The number of methoxy groups -OCH3 is 1. The Hall–Kier alpha value is -1.55. The first-order valence-electron chi connectivity index (χ1n) is 6.68. The van der Waals surface area contributed by atoms with Crippen LogP contribution < -0.4 is 4.74 Å². The summed E-state index contributed by atoms with van der Waals surface area (Å²) in [7, 11) is 1.57. The van der Waals surface area contributed by atoms with Gasteiger partial charge in [-0.15, -0.1) is 0 Å². The average molecular weight is 264 g/mol. The van der Waals surface area contributed by atoms with Crippen molar-refractivity contribution in [3.05, 3.63) is 29.3 Å². The molecular weight excluding hydrogens is 244 g/mol. The number of hydrogen-bond acceptors (Lipinski definition) is 3. The third-order valence-electron chi connectivity index (χ3n) is 3.64. The van der Waals surface area contributed by atoms with Gasteiger partial charge in [-0.2, -0.15) is 0 Å². The average Bonchev–Trinajstić information content (AvgIpc) is 2.92. The van der Waals surface area contributed by atoms with Crippen LogP contribution in [0.15, 0.2) is 18.2 Å². The second-order valence-electron chi connectivity index (χ2n) is 4.80. The van der Waals surface area contributed by atoms with Crippen LogP contribution in [0, 0.1) is 0 Å². The van der Waals surface area contributed by atoms with Gasteiger partial charge < -0.3 is 14.6 Å². The van der Waals surface area contributed by atoms with Crippen molar-refractivity contribution in [2.75, 3.05) is 13.7 Å². The van der Waals surface area contributed by atoms with E-state index in [1.165, 1.54) is 0 Å². The highest BCUT2D eigenvalue weighted by Crippen LogP contribution is 2.35. The molecular formula is C15H20O4. The number of aryl methyl sites for hydroxylation is 1. The van der Waals surface area contributed by atoms with Crippen molar-refractivity contribution >= 4 is 5.97 Å². The molecule has 1 aliphatic heterocycles. The maximum atomic E-state index is 11.6. The van der Waals surface area contributed by atoms with Crippen LogP contribution in [0.3, 0.4) is 0 Å². The van der Waals surface area contributed by atoms with Crippen molar-refractivity contribution in [3.8, 4) is 5.75 Å². The molecule has 0 aromatic heterocycles. The largest absolute Gasteiger partial charge is 0.496 e. The molecule has 1 aromatic rings. The first-order valence-corrected chi connectivity index (χ1v) is 6.68. The van der Waals surface area contributed by atoms with Gasteiger partial charge in [0.05, 0.1) is 13.2 Å². The lowest BCUT2D eigenvalue weighted by atomic mass is 9.89. The lowest BCUT2D eigenvalue weighted by Gasteiger charge is -2.22. The van der Waals surface area contributed by atoms with Crippen LogP contribution in [0.5, 0.6) is 5.75 Å². The SMILES string of the molecule is CCc1ccc(OC)c(C(C(=O)O)C2CCCO2)c1. The predicted octanol–water partition coefficient (Wildman–Crippen LogP) is 2.60. The first kappa shape index (κ1) is 13.9. The van der Waals surface area contributed by atoms with E-state index in [0.29, 0.717) is 12.4 Å². The summed E-state index contributed by atoms with van der Waals surface area (Å²) in [4.78, 5) is 11.6. The van der Waals surface area contributed by atoms with E-state index in [-0.39, 0.29) is 6.10 Å². The van der Waals surface area contributed by atoms with Crippen LogP contribution in [0.2, 0.25) is 0 Å². The molecule has 0 aliphatic carbocycles. The molecule has 0 bridgehead atoms. The number of rotatable bonds is 5. The Bertz CT molecular complexity index is 449. The molecule has 0 spiro atoms. The molecule has 1 aromatic carbocycles. The van der Waals surface area contributed by atoms with Crippen molar-refractivity contribution in [3.63, 3.8) is 0 Å². The molecule has 4 nitrogen and oxygen atoms in total. The Balaban J connectivity index is 2.41. The van der Waals surface area contributed by atoms with Crippen molar-refractivity contribution in [1.29, 1.82) is 0 Å². The summed E-state index contributed by atoms with van der Waals surface area (Å²) in [6.45, 7) is 2.69. The summed E-state index contributed by atoms with van der Waals surface area (Å²) in [5.74, 6) is -0.873. The molecule has 2 unspecified atom stereocenters. The van der Waals surface area contributed by atoms with Crippen LogP contribution >= 0.6 is 0 Å². The normalized spacial score (nSPS) is 20.2. The van der Waals surface area contributed by atoms with E-state index in [9.17, 15) is 9.90 Å². The van der Waals surface area contributed by atoms with Gasteiger partial charge in [0.25, 0.3) is 0 Å². The van der Waals surface area contributed by atoms with Crippen LogP contribution in [-0.2, 0) is 16.0 Å². The van der Waals surface area contributed by atoms with Crippen molar-refractivity contribution < 1.29 is 19.4 Å². The number of carboxylic acids is 1. The molecule has 1 aliphatic rings. The molecule has 4 heteroatoms. The zero-order valence-corrected chi connectivity index (χ0v) is 11.4. The van der Waals surface area contributed by atoms with E-state index >= 15 is 0 Å². The minimum Gasteiger partial charge on any atom is -0.496 e. The van der Waals surface area contributed by atoms with E-state index < -0.39 is 11.9 Å². The van der Waals surface area contributed by atoms with Gasteiger partial charge in [-0.3, -0.25) is 4.79 Å². The summed E-state index contributed by atoms with van der Waals surface area (Å²) >= 11 is 0. The highest BCUT2D eigenvalue weighted by molar-refractivity contribution is 5.78. The number of benzene rings is 1. The van der Waals surface area contributed by atoms with Crippen molar-refractivity contribution in [2.45, 2.75) is 38.2 Å². The van der Waals surface area contributed by atoms with Gasteiger partial charge in [-0.05, 0) is 30.9 Å². The molecule has 1 N–H and O–H groups in total. The Kier molecular flexibility index (Phi) is 4.43. The summed E-state index contributed by atoms with van der Waals surface area (Å²) in [5.41, 5.74) is 1.83. The zero-order chi connectivity index (χ0) is 13.8. The monoisotopic (exact) mass is 264 g/mol. The van der Waals surface area contributed by atoms with Gasteiger partial charge in [-0.1, -0.05) is 19.1 Å². The number of ether oxygens (including phenoxy) is 2. The molecule has 19 heavy (non-hydrogen) atoms. The molecule has 1 heterocycles. The quantitative estimate of drug-likeness (QED) is 0.888. The Morgan fingerprint density at radius 3 is 2.89 bits per heavy atom. The lowest BCUT2D eigenvalue weighted by Crippen LogP contribution is -2.26. The minimum absolute atomic E-state index is 0.251. The first-order chi connectivity index (χ1) is 9.17. The number of carboxylic acid groups (broad SMARTS) is 1. The fourth-order valence-corrected chi connectivity index (χ4v) is 2.60. The highest BCUT2D eigenvalue weighted by atomic mass is 16.5. The maximum absolute atomic E-state index is 11.6. The van der Waals surface area contributed by atoms with Crippen LogP contribution in [0.25, 0.3) is 0 Å². The summed E-state index contributed by atoms with van der Waals surface area (Å²) in [6, 6.07) is 5.75. The molecule has 104 valence electrons. The summed E-state index contributed by atoms with van der Waals surface area (Å²) in [5, 5.41) is 9.54. The van der Waals surface area contributed by atoms with E-state index in [0.717, 1.165) is 30.4 Å². The second kappa shape index (κ2) is 6.06. The molecule has 2 atom stereocenters. The Labute approximate surface area is 113 Å². The fraction of sp³-hybridized carbons (Fsp3) is 0.533. The van der Waals surface area contributed by atoms with Gasteiger partial charge in [-0.25, -0.2) is 0 Å². The van der Waals surface area contributed by atoms with Gasteiger partial charge in [0.2, 0.25) is 0 Å². The minimum atomic E-state index is -0.849. The molecule has 2 rings (SSSR count). The van der Waals surface area contributed by atoms with Gasteiger partial charge >= 0.3 is 5.97 Å². The summed E-state index contributed by atoms with van der Waals surface area (Å²) < 4.78 is 10.9. The molecule has 1 saturated heterocycles. The van der Waals surface area contributed by atoms with E-state index in [2.05, 4.69) is 0 Å². The van der Waals surface area contributed by atoms with E-state index in [1.807, 2.05) is 25.1 Å².